The van der Waals surface area contributed by atoms with E-state index in [0.29, 0.717) is 24.6 Å². The smallest absolute Gasteiger partial charge is 0.271 e. The van der Waals surface area contributed by atoms with Crippen molar-refractivity contribution in [3.05, 3.63) is 11.0 Å². The van der Waals surface area contributed by atoms with Crippen LogP contribution in [0.2, 0.25) is 5.28 Å². The quantitative estimate of drug-likeness (QED) is 0.520. The number of hydrogen-bond acceptors (Lipinski definition) is 4. The molecule has 0 spiro atoms. The fourth-order valence-electron chi connectivity index (χ4n) is 1.61. The predicted octanol–water partition coefficient (Wildman–Crippen LogP) is 1.74. The number of imidazole rings is 1. The molecule has 0 radical (unpaired) electrons. The summed E-state index contributed by atoms with van der Waals surface area (Å²) in [6.07, 6.45) is 4.07. The Hall–Kier alpha value is -1.27. The van der Waals surface area contributed by atoms with Crippen molar-refractivity contribution < 1.29 is 4.79 Å². The van der Waals surface area contributed by atoms with Gasteiger partial charge in [0.1, 0.15) is 5.69 Å². The van der Waals surface area contributed by atoms with Gasteiger partial charge >= 0.3 is 0 Å². The van der Waals surface area contributed by atoms with Gasteiger partial charge < -0.3 is 21.4 Å². The van der Waals surface area contributed by atoms with Gasteiger partial charge in [-0.15, -0.1) is 0 Å². The first-order valence-electron chi connectivity index (χ1n) is 6.66. The molecule has 1 aromatic rings. The van der Waals surface area contributed by atoms with Crippen molar-refractivity contribution in [1.29, 1.82) is 0 Å². The number of unbranched alkanes of at least 4 members (excludes halogenated alkanes) is 2. The molecule has 0 bridgehead atoms. The van der Waals surface area contributed by atoms with Crippen molar-refractivity contribution in [2.75, 3.05) is 25.0 Å². The molecule has 108 valence electrons. The number of aromatic nitrogens is 2. The molecule has 0 saturated carbocycles. The molecule has 6 nitrogen and oxygen atoms in total. The summed E-state index contributed by atoms with van der Waals surface area (Å²) >= 11 is 5.80. The second kappa shape index (κ2) is 8.77. The Labute approximate surface area is 118 Å². The highest BCUT2D eigenvalue weighted by molar-refractivity contribution is 6.28. The van der Waals surface area contributed by atoms with Crippen molar-refractivity contribution in [2.24, 2.45) is 5.73 Å². The molecule has 0 aliphatic heterocycles. The predicted molar refractivity (Wildman–Crippen MR) is 77.6 cm³/mol. The Morgan fingerprint density at radius 1 is 1.37 bits per heavy atom. The summed E-state index contributed by atoms with van der Waals surface area (Å²) < 4.78 is 0. The molecule has 0 atom stereocenters. The third-order valence-electron chi connectivity index (χ3n) is 2.64. The minimum atomic E-state index is -0.217. The molecule has 19 heavy (non-hydrogen) atoms. The van der Waals surface area contributed by atoms with Crippen molar-refractivity contribution in [2.45, 2.75) is 32.6 Å². The lowest BCUT2D eigenvalue weighted by molar-refractivity contribution is 0.0950. The molecule has 1 heterocycles. The molecule has 0 aliphatic carbocycles. The summed E-state index contributed by atoms with van der Waals surface area (Å²) in [6, 6.07) is 0. The Bertz CT molecular complexity index is 393. The number of aromatic amines is 1. The Balaban J connectivity index is 2.53. The van der Waals surface area contributed by atoms with E-state index in [0.717, 1.165) is 32.2 Å². The van der Waals surface area contributed by atoms with Crippen LogP contribution in [0.5, 0.6) is 0 Å². The maximum absolute atomic E-state index is 11.9. The summed E-state index contributed by atoms with van der Waals surface area (Å²) in [5.74, 6) is 0.289. The highest BCUT2D eigenvalue weighted by atomic mass is 35.5. The largest absolute Gasteiger partial charge is 0.368 e. The monoisotopic (exact) mass is 287 g/mol. The molecule has 0 fully saturated rings. The highest BCUT2D eigenvalue weighted by Gasteiger charge is 2.15. The van der Waals surface area contributed by atoms with E-state index < -0.39 is 0 Å². The second-order valence-corrected chi connectivity index (χ2v) is 4.64. The van der Waals surface area contributed by atoms with Crippen molar-refractivity contribution in [1.82, 2.24) is 15.3 Å². The highest BCUT2D eigenvalue weighted by Crippen LogP contribution is 2.15. The average Bonchev–Trinajstić information content (AvgIpc) is 2.76. The van der Waals surface area contributed by atoms with Crippen LogP contribution in [0.1, 0.15) is 43.1 Å². The lowest BCUT2D eigenvalue weighted by Gasteiger charge is -2.06. The molecule has 1 amide bonds. The van der Waals surface area contributed by atoms with E-state index in [1.54, 1.807) is 0 Å². The summed E-state index contributed by atoms with van der Waals surface area (Å²) in [4.78, 5) is 18.8. The van der Waals surface area contributed by atoms with Crippen LogP contribution in [0, 0.1) is 0 Å². The fourth-order valence-corrected chi connectivity index (χ4v) is 1.79. The first kappa shape index (κ1) is 15.8. The van der Waals surface area contributed by atoms with Crippen LogP contribution in [0.25, 0.3) is 0 Å². The molecule has 1 aromatic heterocycles. The third kappa shape index (κ3) is 5.48. The molecular formula is C12H22ClN5O. The van der Waals surface area contributed by atoms with Gasteiger partial charge in [-0.25, -0.2) is 4.98 Å². The number of H-pyrrole nitrogens is 1. The van der Waals surface area contributed by atoms with E-state index in [9.17, 15) is 4.79 Å². The number of rotatable bonds is 9. The van der Waals surface area contributed by atoms with Gasteiger partial charge in [-0.1, -0.05) is 19.8 Å². The molecular weight excluding hydrogens is 266 g/mol. The second-order valence-electron chi connectivity index (χ2n) is 4.28. The van der Waals surface area contributed by atoms with Crippen LogP contribution in [-0.4, -0.2) is 35.5 Å². The normalized spacial score (nSPS) is 10.5. The Morgan fingerprint density at radius 2 is 2.16 bits per heavy atom. The van der Waals surface area contributed by atoms with Gasteiger partial charge in [-0.2, -0.15) is 0 Å². The minimum absolute atomic E-state index is 0.210. The molecule has 0 saturated heterocycles. The lowest BCUT2D eigenvalue weighted by atomic mass is 10.2. The zero-order valence-corrected chi connectivity index (χ0v) is 12.0. The number of nitrogens with two attached hydrogens (primary N) is 1. The first-order chi connectivity index (χ1) is 9.19. The molecule has 0 aromatic carbocycles. The molecule has 7 heteroatoms. The van der Waals surface area contributed by atoms with Crippen LogP contribution < -0.4 is 16.4 Å². The summed E-state index contributed by atoms with van der Waals surface area (Å²) in [5.41, 5.74) is 5.75. The Morgan fingerprint density at radius 3 is 2.84 bits per heavy atom. The maximum atomic E-state index is 11.9. The minimum Gasteiger partial charge on any atom is -0.368 e. The van der Waals surface area contributed by atoms with Crippen molar-refractivity contribution >= 4 is 23.3 Å². The van der Waals surface area contributed by atoms with E-state index in [1.807, 2.05) is 0 Å². The van der Waals surface area contributed by atoms with Gasteiger partial charge in [0.25, 0.3) is 5.91 Å². The number of carbonyl (C=O) groups is 1. The number of amides is 1. The van der Waals surface area contributed by atoms with E-state index in [1.165, 1.54) is 0 Å². The third-order valence-corrected chi connectivity index (χ3v) is 2.82. The molecule has 0 unspecified atom stereocenters. The number of nitrogens with one attached hydrogen (secondary N) is 3. The van der Waals surface area contributed by atoms with Crippen LogP contribution in [0.4, 0.5) is 5.82 Å². The molecule has 0 aliphatic rings. The van der Waals surface area contributed by atoms with Crippen LogP contribution in [0.3, 0.4) is 0 Å². The summed E-state index contributed by atoms with van der Waals surface area (Å²) in [5, 5.41) is 6.10. The van der Waals surface area contributed by atoms with Gasteiger partial charge in [-0.3, -0.25) is 4.79 Å². The van der Waals surface area contributed by atoms with Gasteiger partial charge in [0, 0.05) is 13.1 Å². The average molecular weight is 288 g/mol. The van der Waals surface area contributed by atoms with Crippen LogP contribution in [-0.2, 0) is 0 Å². The van der Waals surface area contributed by atoms with Crippen molar-refractivity contribution in [3.8, 4) is 0 Å². The van der Waals surface area contributed by atoms with Gasteiger partial charge in [0.05, 0.1) is 0 Å². The maximum Gasteiger partial charge on any atom is 0.271 e. The Kier molecular flexibility index (Phi) is 7.28. The number of hydrogen-bond donors (Lipinski definition) is 4. The van der Waals surface area contributed by atoms with Crippen LogP contribution >= 0.6 is 11.6 Å². The van der Waals surface area contributed by atoms with Crippen molar-refractivity contribution in [3.63, 3.8) is 0 Å². The van der Waals surface area contributed by atoms with Gasteiger partial charge in [-0.05, 0) is 31.0 Å². The van der Waals surface area contributed by atoms with Gasteiger partial charge in [0.15, 0.2) is 5.82 Å². The lowest BCUT2D eigenvalue weighted by Crippen LogP contribution is -2.27. The van der Waals surface area contributed by atoms with E-state index in [-0.39, 0.29) is 11.2 Å². The SMILES string of the molecule is CCCCCNc1nc(Cl)[nH]c1C(=O)NCCCN. The van der Waals surface area contributed by atoms with Gasteiger partial charge in [0.2, 0.25) is 5.28 Å². The summed E-state index contributed by atoms with van der Waals surface area (Å²) in [6.45, 7) is 4.01. The standard InChI is InChI=1S/C12H22ClN5O/c1-2-3-4-7-15-10-9(17-12(13)18-10)11(19)16-8-5-6-14/h15H,2-8,14H2,1H3,(H,16,19)(H,17,18). The topological polar surface area (TPSA) is 95.8 Å². The zero-order valence-electron chi connectivity index (χ0n) is 11.3. The zero-order chi connectivity index (χ0) is 14.1. The number of carbonyl (C=O) groups excluding carboxylic acids is 1. The molecule has 5 N–H and O–H groups in total. The van der Waals surface area contributed by atoms with E-state index >= 15 is 0 Å². The fraction of sp³-hybridized carbons (Fsp3) is 0.667. The van der Waals surface area contributed by atoms with E-state index in [4.69, 9.17) is 17.3 Å². The molecule has 1 rings (SSSR count). The summed E-state index contributed by atoms with van der Waals surface area (Å²) in [7, 11) is 0. The number of nitrogens with zero attached hydrogens (tertiary/aromatic N) is 1. The first-order valence-corrected chi connectivity index (χ1v) is 7.04. The number of anilines is 1. The van der Waals surface area contributed by atoms with Crippen LogP contribution in [0.15, 0.2) is 0 Å². The number of halogens is 1. The van der Waals surface area contributed by atoms with E-state index in [2.05, 4.69) is 27.5 Å².